The Hall–Kier alpha value is -2.47. The Balaban J connectivity index is 2.27. The molecule has 3 rings (SSSR count). The number of aromatic nitrogens is 4. The fourth-order valence-electron chi connectivity index (χ4n) is 1.98. The molecule has 0 aromatic carbocycles. The summed E-state index contributed by atoms with van der Waals surface area (Å²) >= 11 is 5.93. The molecule has 3 aromatic heterocycles. The Labute approximate surface area is 119 Å². The highest BCUT2D eigenvalue weighted by Gasteiger charge is 2.13. The number of carbonyl (C=O) groups is 1. The number of primary amides is 1. The van der Waals surface area contributed by atoms with E-state index >= 15 is 0 Å². The predicted molar refractivity (Wildman–Crippen MR) is 74.5 cm³/mol. The van der Waals surface area contributed by atoms with Gasteiger partial charge in [0.25, 0.3) is 5.91 Å². The van der Waals surface area contributed by atoms with E-state index in [1.807, 2.05) is 13.0 Å². The van der Waals surface area contributed by atoms with Gasteiger partial charge < -0.3 is 5.73 Å². The Morgan fingerprint density at radius 2 is 2.10 bits per heavy atom. The number of pyridine rings is 1. The maximum Gasteiger partial charge on any atom is 0.269 e. The van der Waals surface area contributed by atoms with Crippen LogP contribution in [0.3, 0.4) is 0 Å². The quantitative estimate of drug-likeness (QED) is 0.779. The Morgan fingerprint density at radius 1 is 1.30 bits per heavy atom. The first-order chi connectivity index (χ1) is 9.56. The van der Waals surface area contributed by atoms with E-state index in [0.29, 0.717) is 16.4 Å². The van der Waals surface area contributed by atoms with Gasteiger partial charge in [-0.05, 0) is 24.6 Å². The van der Waals surface area contributed by atoms with Crippen LogP contribution in [-0.4, -0.2) is 25.5 Å². The summed E-state index contributed by atoms with van der Waals surface area (Å²) < 4.78 is 1.44. The van der Waals surface area contributed by atoms with E-state index in [-0.39, 0.29) is 5.69 Å². The Bertz CT molecular complexity index is 827. The van der Waals surface area contributed by atoms with Gasteiger partial charge in [-0.3, -0.25) is 9.78 Å². The van der Waals surface area contributed by atoms with E-state index in [2.05, 4.69) is 15.1 Å². The molecule has 0 aliphatic rings. The molecule has 0 bridgehead atoms. The molecule has 2 N–H and O–H groups in total. The van der Waals surface area contributed by atoms with Gasteiger partial charge in [-0.25, -0.2) is 9.50 Å². The van der Waals surface area contributed by atoms with Crippen molar-refractivity contribution in [3.05, 3.63) is 47.0 Å². The topological polar surface area (TPSA) is 86.2 Å². The first-order valence-corrected chi connectivity index (χ1v) is 6.20. The zero-order valence-electron chi connectivity index (χ0n) is 10.5. The van der Waals surface area contributed by atoms with E-state index < -0.39 is 5.91 Å². The fourth-order valence-corrected chi connectivity index (χ4v) is 2.16. The third-order valence-corrected chi connectivity index (χ3v) is 3.11. The van der Waals surface area contributed by atoms with Crippen molar-refractivity contribution in [1.29, 1.82) is 0 Å². The van der Waals surface area contributed by atoms with Crippen LogP contribution < -0.4 is 5.73 Å². The molecule has 0 saturated heterocycles. The van der Waals surface area contributed by atoms with Gasteiger partial charge in [0.1, 0.15) is 5.69 Å². The van der Waals surface area contributed by atoms with Crippen LogP contribution in [0.15, 0.2) is 30.7 Å². The van der Waals surface area contributed by atoms with Crippen LogP contribution in [0.5, 0.6) is 0 Å². The SMILES string of the molecule is Cc1cc(-c2cncc(Cl)c2)nn2c(C(N)=O)cnc12. The highest BCUT2D eigenvalue weighted by atomic mass is 35.5. The molecule has 0 radical (unpaired) electrons. The highest BCUT2D eigenvalue weighted by molar-refractivity contribution is 6.30. The van der Waals surface area contributed by atoms with E-state index in [9.17, 15) is 4.79 Å². The van der Waals surface area contributed by atoms with E-state index in [1.54, 1.807) is 18.5 Å². The molecule has 0 saturated carbocycles. The predicted octanol–water partition coefficient (Wildman–Crippen LogP) is 1.85. The van der Waals surface area contributed by atoms with Gasteiger partial charge in [0.2, 0.25) is 0 Å². The van der Waals surface area contributed by atoms with Crippen molar-refractivity contribution >= 4 is 23.2 Å². The number of nitrogens with two attached hydrogens (primary N) is 1. The lowest BCUT2D eigenvalue weighted by Gasteiger charge is -2.05. The highest BCUT2D eigenvalue weighted by Crippen LogP contribution is 2.22. The smallest absolute Gasteiger partial charge is 0.269 e. The third kappa shape index (κ3) is 2.00. The average Bonchev–Trinajstić information content (AvgIpc) is 2.83. The van der Waals surface area contributed by atoms with Crippen molar-refractivity contribution in [3.63, 3.8) is 0 Å². The molecule has 0 aliphatic carbocycles. The van der Waals surface area contributed by atoms with E-state index in [4.69, 9.17) is 17.3 Å². The minimum absolute atomic E-state index is 0.236. The number of imidazole rings is 1. The molecule has 0 atom stereocenters. The van der Waals surface area contributed by atoms with Gasteiger partial charge in [-0.1, -0.05) is 11.6 Å². The van der Waals surface area contributed by atoms with Gasteiger partial charge in [0.15, 0.2) is 5.65 Å². The molecule has 20 heavy (non-hydrogen) atoms. The molecular formula is C13H10ClN5O. The van der Waals surface area contributed by atoms with Crippen molar-refractivity contribution < 1.29 is 4.79 Å². The maximum absolute atomic E-state index is 11.4. The second kappa shape index (κ2) is 4.57. The second-order valence-electron chi connectivity index (χ2n) is 4.35. The third-order valence-electron chi connectivity index (χ3n) is 2.90. The molecule has 3 aromatic rings. The lowest BCUT2D eigenvalue weighted by Crippen LogP contribution is -2.15. The first-order valence-electron chi connectivity index (χ1n) is 5.82. The van der Waals surface area contributed by atoms with Crippen LogP contribution in [0.4, 0.5) is 0 Å². The average molecular weight is 288 g/mol. The number of hydrogen-bond acceptors (Lipinski definition) is 4. The van der Waals surface area contributed by atoms with Crippen LogP contribution in [-0.2, 0) is 0 Å². The van der Waals surface area contributed by atoms with Crippen LogP contribution in [0.2, 0.25) is 5.02 Å². The molecule has 7 heteroatoms. The van der Waals surface area contributed by atoms with Crippen LogP contribution in [0.25, 0.3) is 16.9 Å². The zero-order chi connectivity index (χ0) is 14.3. The van der Waals surface area contributed by atoms with Crippen molar-refractivity contribution in [2.24, 2.45) is 5.73 Å². The Morgan fingerprint density at radius 3 is 2.80 bits per heavy atom. The summed E-state index contributed by atoms with van der Waals surface area (Å²) in [7, 11) is 0. The van der Waals surface area contributed by atoms with Crippen molar-refractivity contribution in [2.45, 2.75) is 6.92 Å². The minimum Gasteiger partial charge on any atom is -0.364 e. The maximum atomic E-state index is 11.4. The van der Waals surface area contributed by atoms with Crippen LogP contribution in [0.1, 0.15) is 16.1 Å². The number of rotatable bonds is 2. The fraction of sp³-hybridized carbons (Fsp3) is 0.0769. The molecule has 6 nitrogen and oxygen atoms in total. The summed E-state index contributed by atoms with van der Waals surface area (Å²) in [5.74, 6) is -0.578. The number of amides is 1. The number of nitrogens with zero attached hydrogens (tertiary/aromatic N) is 4. The molecular weight excluding hydrogens is 278 g/mol. The summed E-state index contributed by atoms with van der Waals surface area (Å²) in [5, 5.41) is 4.90. The molecule has 0 spiro atoms. The number of fused-ring (bicyclic) bond motifs is 1. The summed E-state index contributed by atoms with van der Waals surface area (Å²) in [4.78, 5) is 19.6. The van der Waals surface area contributed by atoms with Gasteiger partial charge in [-0.15, -0.1) is 0 Å². The van der Waals surface area contributed by atoms with Gasteiger partial charge >= 0.3 is 0 Å². The Kier molecular flexibility index (Phi) is 2.87. The van der Waals surface area contributed by atoms with Crippen molar-refractivity contribution in [3.8, 4) is 11.3 Å². The first kappa shape index (κ1) is 12.6. The molecule has 100 valence electrons. The van der Waals surface area contributed by atoms with E-state index in [0.717, 1.165) is 11.1 Å². The van der Waals surface area contributed by atoms with Crippen LogP contribution in [0, 0.1) is 6.92 Å². The van der Waals surface area contributed by atoms with E-state index in [1.165, 1.54) is 10.7 Å². The van der Waals surface area contributed by atoms with Gasteiger partial charge in [0.05, 0.1) is 16.9 Å². The molecule has 0 fully saturated rings. The number of aryl methyl sites for hydroxylation is 1. The summed E-state index contributed by atoms with van der Waals surface area (Å²) in [6.07, 6.45) is 4.61. The normalized spacial score (nSPS) is 10.9. The molecule has 0 aliphatic heterocycles. The number of carbonyl (C=O) groups excluding carboxylic acids is 1. The summed E-state index contributed by atoms with van der Waals surface area (Å²) in [6, 6.07) is 3.61. The largest absolute Gasteiger partial charge is 0.364 e. The molecule has 0 unspecified atom stereocenters. The minimum atomic E-state index is -0.578. The number of halogens is 1. The molecule has 1 amide bonds. The van der Waals surface area contributed by atoms with Crippen molar-refractivity contribution in [1.82, 2.24) is 19.6 Å². The van der Waals surface area contributed by atoms with Gasteiger partial charge in [0, 0.05) is 18.0 Å². The lowest BCUT2D eigenvalue weighted by molar-refractivity contribution is 0.0993. The monoisotopic (exact) mass is 287 g/mol. The standard InChI is InChI=1S/C13H10ClN5O/c1-7-2-10(8-3-9(14)5-16-4-8)18-19-11(12(15)20)6-17-13(7)19/h2-6H,1H3,(H2,15,20). The van der Waals surface area contributed by atoms with Crippen LogP contribution >= 0.6 is 11.6 Å². The summed E-state index contributed by atoms with van der Waals surface area (Å²) in [5.41, 5.74) is 8.42. The van der Waals surface area contributed by atoms with Crippen molar-refractivity contribution in [2.75, 3.05) is 0 Å². The molecule has 3 heterocycles. The van der Waals surface area contributed by atoms with Gasteiger partial charge in [-0.2, -0.15) is 5.10 Å². The lowest BCUT2D eigenvalue weighted by atomic mass is 10.1. The number of hydrogen-bond donors (Lipinski definition) is 1. The summed E-state index contributed by atoms with van der Waals surface area (Å²) in [6.45, 7) is 1.89. The second-order valence-corrected chi connectivity index (χ2v) is 4.78. The zero-order valence-corrected chi connectivity index (χ0v) is 11.3.